The molecule has 0 aliphatic carbocycles. The number of esters is 2. The number of hydrogen-bond acceptors (Lipinski definition) is 6. The molecule has 0 aromatic carbocycles. The van der Waals surface area contributed by atoms with E-state index >= 15 is 0 Å². The molecule has 0 saturated heterocycles. The van der Waals surface area contributed by atoms with E-state index in [0.717, 1.165) is 31.4 Å². The van der Waals surface area contributed by atoms with Crippen molar-refractivity contribution in [1.29, 1.82) is 0 Å². The van der Waals surface area contributed by atoms with Crippen LogP contribution < -0.4 is 0 Å². The Hall–Kier alpha value is -1.63. The van der Waals surface area contributed by atoms with Crippen LogP contribution in [0.1, 0.15) is 72.6 Å². The lowest BCUT2D eigenvalue weighted by molar-refractivity contribution is -0.172. The molecule has 6 nitrogen and oxygen atoms in total. The number of ether oxygens (including phenoxy) is 2. The van der Waals surface area contributed by atoms with Gasteiger partial charge in [-0.05, 0) is 25.7 Å². The Bertz CT molecular complexity index is 469. The van der Waals surface area contributed by atoms with Crippen LogP contribution >= 0.6 is 0 Å². The molecule has 0 radical (unpaired) electrons. The monoisotopic (exact) mass is 386 g/mol. The predicted octanol–water partition coefficient (Wildman–Crippen LogP) is 2.62. The third kappa shape index (κ3) is 8.16. The summed E-state index contributed by atoms with van der Waals surface area (Å²) in [6.07, 6.45) is 6.91. The topological polar surface area (TPSA) is 78.9 Å². The Morgan fingerprint density at radius 1 is 0.923 bits per heavy atom. The molecular weight excluding hydrogens is 352 g/mol. The van der Waals surface area contributed by atoms with Gasteiger partial charge in [0.05, 0.1) is 12.5 Å². The van der Waals surface area contributed by atoms with Crippen molar-refractivity contribution >= 4 is 28.4 Å². The van der Waals surface area contributed by atoms with Gasteiger partial charge in [0.2, 0.25) is 10.5 Å². The van der Waals surface area contributed by atoms with Crippen LogP contribution in [0.5, 0.6) is 0 Å². The van der Waals surface area contributed by atoms with Crippen LogP contribution in [0, 0.1) is 5.92 Å². The first-order valence-corrected chi connectivity index (χ1v) is 10.4. The normalized spacial score (nSPS) is 12.8. The molecule has 1 atom stereocenters. The maximum absolute atomic E-state index is 12.4. The fourth-order valence-electron chi connectivity index (χ4n) is 3.14. The molecule has 7 heteroatoms. The number of carbonyl (C=O) groups excluding carboxylic acids is 3. The van der Waals surface area contributed by atoms with Gasteiger partial charge in [-0.1, -0.05) is 47.0 Å². The molecule has 0 saturated carbocycles. The van der Waals surface area contributed by atoms with Crippen molar-refractivity contribution in [2.45, 2.75) is 78.2 Å². The molecule has 0 aliphatic heterocycles. The molecule has 0 fully saturated rings. The summed E-state index contributed by atoms with van der Waals surface area (Å²) in [4.78, 5) is 36.3. The van der Waals surface area contributed by atoms with Crippen molar-refractivity contribution < 1.29 is 28.3 Å². The second kappa shape index (κ2) is 13.6. The minimum atomic E-state index is -0.907. The zero-order valence-corrected chi connectivity index (χ0v) is 18.8. The summed E-state index contributed by atoms with van der Waals surface area (Å²) in [5.74, 6) is -2.01. The van der Waals surface area contributed by atoms with Gasteiger partial charge in [-0.15, -0.1) is 0 Å². The summed E-state index contributed by atoms with van der Waals surface area (Å²) < 4.78 is 15.8. The van der Waals surface area contributed by atoms with E-state index < -0.39 is 23.5 Å². The Morgan fingerprint density at radius 2 is 1.50 bits per heavy atom. The first-order chi connectivity index (χ1) is 12.4. The van der Waals surface area contributed by atoms with Crippen molar-refractivity contribution in [1.82, 2.24) is 0 Å². The molecule has 0 aromatic heterocycles. The average molecular weight is 387 g/mol. The summed E-state index contributed by atoms with van der Waals surface area (Å²) in [5, 5.41) is 0. The quantitative estimate of drug-likeness (QED) is 0.275. The minimum absolute atomic E-state index is 0.303. The molecule has 0 spiro atoms. The lowest BCUT2D eigenvalue weighted by Crippen LogP contribution is -2.46. The Balaban J connectivity index is 5.44. The van der Waals surface area contributed by atoms with Gasteiger partial charge in [-0.2, -0.15) is 0 Å². The smallest absolute Gasteiger partial charge is 0.331 e. The largest absolute Gasteiger partial charge is 0.528 e. The van der Waals surface area contributed by atoms with Gasteiger partial charge in [-0.3, -0.25) is 4.79 Å². The van der Waals surface area contributed by atoms with Crippen molar-refractivity contribution in [2.24, 2.45) is 5.92 Å². The number of carbonyl (C=O) groups is 3. The summed E-state index contributed by atoms with van der Waals surface area (Å²) in [6.45, 7) is 8.16. The van der Waals surface area contributed by atoms with Crippen molar-refractivity contribution in [3.8, 4) is 0 Å². The summed E-state index contributed by atoms with van der Waals surface area (Å²) in [7, 11) is 0.303. The molecule has 0 N–H and O–H groups in total. The second-order valence-corrected chi connectivity index (χ2v) is 6.76. The van der Waals surface area contributed by atoms with Gasteiger partial charge in [-0.25, -0.2) is 9.59 Å². The molecule has 0 heterocycles. The first-order valence-electron chi connectivity index (χ1n) is 9.56. The molecule has 0 rings (SSSR count). The van der Waals surface area contributed by atoms with Gasteiger partial charge < -0.3 is 13.9 Å². The van der Waals surface area contributed by atoms with E-state index in [1.54, 1.807) is 0 Å². The molecular formula is C19H34O6Si. The summed E-state index contributed by atoms with van der Waals surface area (Å²) >= 11 is 0. The van der Waals surface area contributed by atoms with Gasteiger partial charge in [0.1, 0.15) is 5.60 Å². The molecule has 26 heavy (non-hydrogen) atoms. The van der Waals surface area contributed by atoms with Gasteiger partial charge in [0.25, 0.3) is 5.97 Å². The third-order valence-corrected chi connectivity index (χ3v) is 4.55. The highest BCUT2D eigenvalue weighted by Crippen LogP contribution is 2.36. The summed E-state index contributed by atoms with van der Waals surface area (Å²) in [6, 6.07) is 0. The molecule has 1 unspecified atom stereocenters. The van der Waals surface area contributed by atoms with Crippen LogP contribution in [0.15, 0.2) is 12.2 Å². The van der Waals surface area contributed by atoms with Gasteiger partial charge in [0, 0.05) is 12.2 Å². The molecule has 0 bridgehead atoms. The van der Waals surface area contributed by atoms with Crippen LogP contribution in [0.4, 0.5) is 0 Å². The second-order valence-electron chi connectivity index (χ2n) is 6.35. The van der Waals surface area contributed by atoms with E-state index in [-0.39, 0.29) is 5.97 Å². The lowest BCUT2D eigenvalue weighted by Gasteiger charge is -2.38. The van der Waals surface area contributed by atoms with Crippen molar-refractivity contribution in [3.05, 3.63) is 12.2 Å². The average Bonchev–Trinajstić information content (AvgIpc) is 2.62. The molecule has 150 valence electrons. The van der Waals surface area contributed by atoms with Crippen molar-refractivity contribution in [2.75, 3.05) is 6.61 Å². The maximum Gasteiger partial charge on any atom is 0.331 e. The van der Waals surface area contributed by atoms with E-state index in [2.05, 4.69) is 0 Å². The minimum Gasteiger partial charge on any atom is -0.528 e. The first kappa shape index (κ1) is 24.4. The standard InChI is InChI=1S/C19H34O6Si/c1-5-9-15(18(22)25-26)19(12-6-2,13-7-3)24-17(21)11-10-16(20)23-14-8-4/h10-11,15H,5-9,12-14H2,1-4,26H3/b11-10+. The summed E-state index contributed by atoms with van der Waals surface area (Å²) in [5.41, 5.74) is -0.907. The SMILES string of the molecule is CCCOC(=O)/C=C/C(=O)OC(CCC)(CCC)C(CCC)C(=O)O[SiH3]. The predicted molar refractivity (Wildman–Crippen MR) is 103 cm³/mol. The van der Waals surface area contributed by atoms with Crippen LogP contribution in [-0.2, 0) is 28.3 Å². The maximum atomic E-state index is 12.4. The van der Waals surface area contributed by atoms with Gasteiger partial charge in [0.15, 0.2) is 0 Å². The lowest BCUT2D eigenvalue weighted by atomic mass is 9.77. The highest BCUT2D eigenvalue weighted by molar-refractivity contribution is 6.06. The Morgan fingerprint density at radius 3 is 1.96 bits per heavy atom. The van der Waals surface area contributed by atoms with E-state index in [0.29, 0.717) is 42.8 Å². The highest BCUT2D eigenvalue weighted by Gasteiger charge is 2.44. The Kier molecular flexibility index (Phi) is 12.7. The fraction of sp³-hybridized carbons (Fsp3) is 0.737. The van der Waals surface area contributed by atoms with E-state index in [9.17, 15) is 14.4 Å². The van der Waals surface area contributed by atoms with E-state index in [1.807, 2.05) is 27.7 Å². The Labute approximate surface area is 160 Å². The third-order valence-electron chi connectivity index (χ3n) is 4.15. The zero-order valence-electron chi connectivity index (χ0n) is 16.8. The van der Waals surface area contributed by atoms with Crippen LogP contribution in [0.25, 0.3) is 0 Å². The molecule has 0 aliphatic rings. The number of hydrogen-bond donors (Lipinski definition) is 0. The van der Waals surface area contributed by atoms with Crippen LogP contribution in [0.3, 0.4) is 0 Å². The highest BCUT2D eigenvalue weighted by atomic mass is 28.2. The zero-order chi connectivity index (χ0) is 20.0. The molecule has 0 amide bonds. The fourth-order valence-corrected chi connectivity index (χ4v) is 3.43. The molecule has 0 aromatic rings. The number of rotatable bonds is 13. The van der Waals surface area contributed by atoms with Crippen molar-refractivity contribution in [3.63, 3.8) is 0 Å². The van der Waals surface area contributed by atoms with E-state index in [1.165, 1.54) is 0 Å². The van der Waals surface area contributed by atoms with E-state index in [4.69, 9.17) is 13.9 Å². The van der Waals surface area contributed by atoms with Gasteiger partial charge >= 0.3 is 11.9 Å². The van der Waals surface area contributed by atoms with Crippen LogP contribution in [-0.4, -0.2) is 40.6 Å². The van der Waals surface area contributed by atoms with Crippen LogP contribution in [0.2, 0.25) is 0 Å².